The number of imidazole rings is 1. The molecule has 1 aromatic heterocycles. The van der Waals surface area contributed by atoms with E-state index in [1.807, 2.05) is 16.8 Å². The van der Waals surface area contributed by atoms with Crippen molar-refractivity contribution in [1.82, 2.24) is 9.55 Å². The van der Waals surface area contributed by atoms with Crippen molar-refractivity contribution < 1.29 is 9.13 Å². The lowest BCUT2D eigenvalue weighted by molar-refractivity contribution is -0.0602. The number of rotatable bonds is 8. The van der Waals surface area contributed by atoms with E-state index in [9.17, 15) is 4.39 Å². The highest BCUT2D eigenvalue weighted by atomic mass is 35.5. The molecule has 0 amide bonds. The molecule has 0 aliphatic carbocycles. The predicted octanol–water partition coefficient (Wildman–Crippen LogP) is 5.94. The summed E-state index contributed by atoms with van der Waals surface area (Å²) in [5, 5.41) is 1.25. The first-order chi connectivity index (χ1) is 12.9. The zero-order chi connectivity index (χ0) is 19.3. The lowest BCUT2D eigenvalue weighted by Crippen LogP contribution is -2.34. The minimum atomic E-state index is -0.458. The Morgan fingerprint density at radius 1 is 1.15 bits per heavy atom. The van der Waals surface area contributed by atoms with Crippen molar-refractivity contribution in [2.24, 2.45) is 0 Å². The van der Waals surface area contributed by atoms with Gasteiger partial charge in [-0.25, -0.2) is 9.37 Å². The molecule has 27 heavy (non-hydrogen) atoms. The number of hydrogen-bond acceptors (Lipinski definition) is 2. The Hall–Kier alpha value is -1.88. The summed E-state index contributed by atoms with van der Waals surface area (Å²) < 4.78 is 21.4. The first-order valence-electron chi connectivity index (χ1n) is 8.72. The molecule has 3 rings (SSSR count). The topological polar surface area (TPSA) is 27.1 Å². The number of aromatic nitrogens is 2. The van der Waals surface area contributed by atoms with Crippen LogP contribution >= 0.6 is 23.2 Å². The quantitative estimate of drug-likeness (QED) is 0.462. The van der Waals surface area contributed by atoms with Gasteiger partial charge in [0.05, 0.1) is 25.1 Å². The standard InChI is InChI=1S/C21H21Cl2FN2O/c1-21(14-26-11-10-25-15-26,9-8-16-2-5-19(24)6-3-16)27-13-17-12-18(22)4-7-20(17)23/h2-7,10-12,15H,8-9,13-14H2,1H3. The predicted molar refractivity (Wildman–Crippen MR) is 107 cm³/mol. The second-order valence-electron chi connectivity index (χ2n) is 6.84. The molecule has 0 N–H and O–H groups in total. The fraction of sp³-hybridized carbons (Fsp3) is 0.286. The van der Waals surface area contributed by atoms with Crippen LogP contribution in [0.5, 0.6) is 0 Å². The van der Waals surface area contributed by atoms with Crippen LogP contribution in [0.4, 0.5) is 4.39 Å². The fourth-order valence-electron chi connectivity index (χ4n) is 2.93. The number of nitrogens with zero attached hydrogens (tertiary/aromatic N) is 2. The third-order valence-corrected chi connectivity index (χ3v) is 5.12. The SMILES string of the molecule is CC(CCc1ccc(F)cc1)(Cn1ccnc1)OCc1cc(Cl)ccc1Cl. The van der Waals surface area contributed by atoms with E-state index < -0.39 is 5.60 Å². The summed E-state index contributed by atoms with van der Waals surface area (Å²) in [6.07, 6.45) is 6.95. The number of hydrogen-bond donors (Lipinski definition) is 0. The van der Waals surface area contributed by atoms with Gasteiger partial charge in [0.2, 0.25) is 0 Å². The summed E-state index contributed by atoms with van der Waals surface area (Å²) in [6, 6.07) is 11.9. The summed E-state index contributed by atoms with van der Waals surface area (Å²) in [7, 11) is 0. The minimum Gasteiger partial charge on any atom is -0.369 e. The molecule has 1 heterocycles. The molecule has 1 atom stereocenters. The second kappa shape index (κ2) is 8.87. The smallest absolute Gasteiger partial charge is 0.123 e. The lowest BCUT2D eigenvalue weighted by Gasteiger charge is -2.31. The Kier molecular flexibility index (Phi) is 6.53. The number of benzene rings is 2. The third kappa shape index (κ3) is 5.80. The van der Waals surface area contributed by atoms with Gasteiger partial charge >= 0.3 is 0 Å². The van der Waals surface area contributed by atoms with Crippen molar-refractivity contribution in [2.75, 3.05) is 0 Å². The third-order valence-electron chi connectivity index (χ3n) is 4.52. The summed E-state index contributed by atoms with van der Waals surface area (Å²) in [5.74, 6) is -0.230. The van der Waals surface area contributed by atoms with Crippen LogP contribution in [0.25, 0.3) is 0 Å². The monoisotopic (exact) mass is 406 g/mol. The molecule has 0 fully saturated rings. The molecular weight excluding hydrogens is 386 g/mol. The molecule has 2 aromatic carbocycles. The van der Waals surface area contributed by atoms with Crippen molar-refractivity contribution in [3.8, 4) is 0 Å². The molecule has 0 aliphatic rings. The molecule has 142 valence electrons. The number of aryl methyl sites for hydroxylation is 1. The zero-order valence-corrected chi connectivity index (χ0v) is 16.6. The van der Waals surface area contributed by atoms with Gasteiger partial charge < -0.3 is 9.30 Å². The van der Waals surface area contributed by atoms with Gasteiger partial charge in [-0.15, -0.1) is 0 Å². The van der Waals surface area contributed by atoms with Gasteiger partial charge in [-0.2, -0.15) is 0 Å². The minimum absolute atomic E-state index is 0.230. The molecule has 0 saturated carbocycles. The van der Waals surface area contributed by atoms with Gasteiger partial charge in [0, 0.05) is 22.4 Å². The number of halogens is 3. The van der Waals surface area contributed by atoms with Gasteiger partial charge in [0.25, 0.3) is 0 Å². The van der Waals surface area contributed by atoms with Crippen molar-refractivity contribution in [1.29, 1.82) is 0 Å². The van der Waals surface area contributed by atoms with Crippen molar-refractivity contribution in [3.63, 3.8) is 0 Å². The Labute approximate surface area is 168 Å². The Balaban J connectivity index is 1.72. The molecule has 0 bridgehead atoms. The number of ether oxygens (including phenoxy) is 1. The van der Waals surface area contributed by atoms with Crippen LogP contribution in [0.3, 0.4) is 0 Å². The molecule has 0 saturated heterocycles. The molecule has 0 spiro atoms. The zero-order valence-electron chi connectivity index (χ0n) is 15.0. The van der Waals surface area contributed by atoms with E-state index in [2.05, 4.69) is 11.9 Å². The van der Waals surface area contributed by atoms with Crippen LogP contribution in [0.15, 0.2) is 61.2 Å². The van der Waals surface area contributed by atoms with Gasteiger partial charge in [0.15, 0.2) is 0 Å². The normalized spacial score (nSPS) is 13.5. The highest BCUT2D eigenvalue weighted by Crippen LogP contribution is 2.27. The van der Waals surface area contributed by atoms with Crippen LogP contribution in [-0.2, 0) is 24.3 Å². The van der Waals surface area contributed by atoms with E-state index in [-0.39, 0.29) is 5.82 Å². The van der Waals surface area contributed by atoms with Gasteiger partial charge in [-0.1, -0.05) is 35.3 Å². The Morgan fingerprint density at radius 3 is 2.63 bits per heavy atom. The van der Waals surface area contributed by atoms with E-state index in [0.717, 1.165) is 24.0 Å². The van der Waals surface area contributed by atoms with Crippen LogP contribution in [0.2, 0.25) is 10.0 Å². The van der Waals surface area contributed by atoms with E-state index in [1.54, 1.807) is 36.8 Å². The second-order valence-corrected chi connectivity index (χ2v) is 7.68. The average Bonchev–Trinajstić information content (AvgIpc) is 3.15. The first kappa shape index (κ1) is 19.9. The fourth-order valence-corrected chi connectivity index (χ4v) is 3.30. The highest BCUT2D eigenvalue weighted by Gasteiger charge is 2.26. The molecular formula is C21H21Cl2FN2O. The van der Waals surface area contributed by atoms with Crippen molar-refractivity contribution >= 4 is 23.2 Å². The molecule has 3 aromatic rings. The van der Waals surface area contributed by atoms with E-state index in [0.29, 0.717) is 23.2 Å². The molecule has 6 heteroatoms. The Morgan fingerprint density at radius 2 is 1.93 bits per heavy atom. The molecule has 1 unspecified atom stereocenters. The summed E-state index contributed by atoms with van der Waals surface area (Å²) >= 11 is 12.3. The molecule has 0 radical (unpaired) electrons. The Bertz CT molecular complexity index is 868. The van der Waals surface area contributed by atoms with Gasteiger partial charge in [-0.3, -0.25) is 0 Å². The maximum Gasteiger partial charge on any atom is 0.123 e. The summed E-state index contributed by atoms with van der Waals surface area (Å²) in [6.45, 7) is 3.06. The van der Waals surface area contributed by atoms with E-state index in [4.69, 9.17) is 27.9 Å². The molecule has 3 nitrogen and oxygen atoms in total. The van der Waals surface area contributed by atoms with Gasteiger partial charge in [-0.05, 0) is 61.2 Å². The van der Waals surface area contributed by atoms with Crippen molar-refractivity contribution in [2.45, 2.75) is 38.5 Å². The maximum atomic E-state index is 13.1. The van der Waals surface area contributed by atoms with E-state index >= 15 is 0 Å². The molecule has 0 aliphatic heterocycles. The lowest BCUT2D eigenvalue weighted by atomic mass is 9.96. The van der Waals surface area contributed by atoms with Crippen LogP contribution in [0, 0.1) is 5.82 Å². The van der Waals surface area contributed by atoms with Gasteiger partial charge in [0.1, 0.15) is 5.82 Å². The first-order valence-corrected chi connectivity index (χ1v) is 9.47. The van der Waals surface area contributed by atoms with Crippen LogP contribution in [0.1, 0.15) is 24.5 Å². The summed E-state index contributed by atoms with van der Waals surface area (Å²) in [5.41, 5.74) is 1.46. The van der Waals surface area contributed by atoms with Crippen LogP contribution < -0.4 is 0 Å². The maximum absolute atomic E-state index is 13.1. The highest BCUT2D eigenvalue weighted by molar-refractivity contribution is 6.33. The average molecular weight is 407 g/mol. The van der Waals surface area contributed by atoms with Crippen molar-refractivity contribution in [3.05, 3.63) is 88.2 Å². The largest absolute Gasteiger partial charge is 0.369 e. The summed E-state index contributed by atoms with van der Waals surface area (Å²) in [4.78, 5) is 4.11. The van der Waals surface area contributed by atoms with E-state index in [1.165, 1.54) is 12.1 Å². The van der Waals surface area contributed by atoms with Crippen LogP contribution in [-0.4, -0.2) is 15.2 Å².